The zero-order valence-electron chi connectivity index (χ0n) is 7.62. The molecule has 13 heavy (non-hydrogen) atoms. The van der Waals surface area contributed by atoms with Crippen molar-refractivity contribution in [3.05, 3.63) is 0 Å². The number of hydrogen-bond donors (Lipinski definition) is 0. The second kappa shape index (κ2) is 4.50. The maximum Gasteiger partial charge on any atom is 0.251 e. The molecule has 5 heteroatoms. The average molecular weight is 192 g/mol. The zero-order chi connectivity index (χ0) is 9.84. The maximum atomic E-state index is 12.0. The van der Waals surface area contributed by atoms with Gasteiger partial charge < -0.3 is 4.90 Å². The highest BCUT2D eigenvalue weighted by molar-refractivity contribution is 5.47. The third kappa shape index (κ3) is 2.91. The Balaban J connectivity index is 2.36. The summed E-state index contributed by atoms with van der Waals surface area (Å²) in [4.78, 5) is 13.8. The number of amides is 1. The Kier molecular flexibility index (Phi) is 3.59. The predicted octanol–water partition coefficient (Wildman–Crippen LogP) is 0.414. The first-order valence-electron chi connectivity index (χ1n) is 4.35. The lowest BCUT2D eigenvalue weighted by atomic mass is 10.2. The minimum absolute atomic E-state index is 0.0463. The van der Waals surface area contributed by atoms with Crippen LogP contribution in [0.5, 0.6) is 0 Å². The van der Waals surface area contributed by atoms with Crippen LogP contribution in [0.3, 0.4) is 0 Å². The number of alkyl halides is 2. The van der Waals surface area contributed by atoms with Crippen LogP contribution in [0.15, 0.2) is 0 Å². The van der Waals surface area contributed by atoms with Crippen LogP contribution in [0, 0.1) is 0 Å². The molecule has 1 aliphatic rings. The lowest BCUT2D eigenvalue weighted by Crippen LogP contribution is -2.52. The quantitative estimate of drug-likeness (QED) is 0.605. The van der Waals surface area contributed by atoms with Crippen LogP contribution in [0.25, 0.3) is 0 Å². The average Bonchev–Trinajstić information content (AvgIpc) is 2.03. The molecule has 0 aromatic carbocycles. The summed E-state index contributed by atoms with van der Waals surface area (Å²) in [5, 5.41) is 0. The van der Waals surface area contributed by atoms with Gasteiger partial charge in [-0.1, -0.05) is 0 Å². The van der Waals surface area contributed by atoms with E-state index in [1.165, 1.54) is 0 Å². The van der Waals surface area contributed by atoms with Crippen LogP contribution in [0.4, 0.5) is 8.78 Å². The summed E-state index contributed by atoms with van der Waals surface area (Å²) in [6.07, 6.45) is -1.50. The number of carbonyl (C=O) groups is 1. The van der Waals surface area contributed by atoms with Crippen LogP contribution in [-0.2, 0) is 4.79 Å². The molecule has 0 spiro atoms. The fraction of sp³-hybridized carbons (Fsp3) is 0.875. The fourth-order valence-corrected chi connectivity index (χ4v) is 1.56. The molecule has 0 aromatic heterocycles. The standard InChI is InChI=1S/C8H14F2N2O/c1-7-4-11(5-8(9)10)2-3-12(7)6-13/h6-8H,2-5H2,1H3. The van der Waals surface area contributed by atoms with Crippen molar-refractivity contribution in [1.82, 2.24) is 9.80 Å². The van der Waals surface area contributed by atoms with Gasteiger partial charge in [-0.2, -0.15) is 0 Å². The number of carbonyl (C=O) groups excluding carboxylic acids is 1. The minimum Gasteiger partial charge on any atom is -0.340 e. The maximum absolute atomic E-state index is 12.0. The van der Waals surface area contributed by atoms with E-state index < -0.39 is 6.43 Å². The molecular weight excluding hydrogens is 178 g/mol. The molecule has 1 rings (SSSR count). The molecule has 76 valence electrons. The molecule has 1 heterocycles. The molecule has 0 aliphatic carbocycles. The second-order valence-electron chi connectivity index (χ2n) is 3.34. The topological polar surface area (TPSA) is 23.6 Å². The molecule has 0 radical (unpaired) electrons. The molecule has 1 fully saturated rings. The van der Waals surface area contributed by atoms with Crippen molar-refractivity contribution in [2.45, 2.75) is 19.4 Å². The molecule has 0 aromatic rings. The lowest BCUT2D eigenvalue weighted by Gasteiger charge is -2.37. The van der Waals surface area contributed by atoms with Crippen molar-refractivity contribution in [3.8, 4) is 0 Å². The Morgan fingerprint density at radius 1 is 1.54 bits per heavy atom. The van der Waals surface area contributed by atoms with Crippen molar-refractivity contribution < 1.29 is 13.6 Å². The molecule has 3 nitrogen and oxygen atoms in total. The van der Waals surface area contributed by atoms with Gasteiger partial charge in [0.05, 0.1) is 6.54 Å². The van der Waals surface area contributed by atoms with E-state index >= 15 is 0 Å². The van der Waals surface area contributed by atoms with Gasteiger partial charge in [-0.25, -0.2) is 8.78 Å². The summed E-state index contributed by atoms with van der Waals surface area (Å²) in [5.41, 5.74) is 0. The molecular formula is C8H14F2N2O. The van der Waals surface area contributed by atoms with Crippen molar-refractivity contribution in [2.75, 3.05) is 26.2 Å². The minimum atomic E-state index is -2.28. The smallest absolute Gasteiger partial charge is 0.251 e. The van der Waals surface area contributed by atoms with E-state index in [-0.39, 0.29) is 12.6 Å². The van der Waals surface area contributed by atoms with Crippen LogP contribution >= 0.6 is 0 Å². The highest BCUT2D eigenvalue weighted by atomic mass is 19.3. The number of rotatable bonds is 3. The van der Waals surface area contributed by atoms with Crippen molar-refractivity contribution in [1.29, 1.82) is 0 Å². The van der Waals surface area contributed by atoms with Gasteiger partial charge >= 0.3 is 0 Å². The van der Waals surface area contributed by atoms with Gasteiger partial charge in [0.15, 0.2) is 0 Å². The lowest BCUT2D eigenvalue weighted by molar-refractivity contribution is -0.122. The van der Waals surface area contributed by atoms with Gasteiger partial charge in [0, 0.05) is 25.7 Å². The van der Waals surface area contributed by atoms with Crippen molar-refractivity contribution in [2.24, 2.45) is 0 Å². The van der Waals surface area contributed by atoms with E-state index in [0.29, 0.717) is 19.6 Å². The molecule has 1 atom stereocenters. The number of halogens is 2. The van der Waals surface area contributed by atoms with E-state index in [9.17, 15) is 13.6 Å². The van der Waals surface area contributed by atoms with E-state index in [2.05, 4.69) is 0 Å². The molecule has 1 aliphatic heterocycles. The summed E-state index contributed by atoms with van der Waals surface area (Å²) in [6.45, 7) is 3.33. The normalized spacial score (nSPS) is 25.2. The van der Waals surface area contributed by atoms with Crippen LogP contribution in [0.1, 0.15) is 6.92 Å². The first-order valence-corrected chi connectivity index (χ1v) is 4.35. The first kappa shape index (κ1) is 10.4. The van der Waals surface area contributed by atoms with E-state index in [1.807, 2.05) is 6.92 Å². The van der Waals surface area contributed by atoms with Crippen molar-refractivity contribution >= 4 is 6.41 Å². The van der Waals surface area contributed by atoms with E-state index in [4.69, 9.17) is 0 Å². The number of hydrogen-bond acceptors (Lipinski definition) is 2. The summed E-state index contributed by atoms with van der Waals surface area (Å²) >= 11 is 0. The Labute approximate surface area is 76.3 Å². The van der Waals surface area contributed by atoms with Gasteiger partial charge in [-0.3, -0.25) is 9.69 Å². The molecule has 0 bridgehead atoms. The highest BCUT2D eigenvalue weighted by Crippen LogP contribution is 2.08. The SMILES string of the molecule is CC1CN(CC(F)F)CCN1C=O. The summed E-state index contributed by atoms with van der Waals surface area (Å²) in [7, 11) is 0. The second-order valence-corrected chi connectivity index (χ2v) is 3.34. The number of nitrogens with zero attached hydrogens (tertiary/aromatic N) is 2. The number of piperazine rings is 1. The van der Waals surface area contributed by atoms with Gasteiger partial charge in [0.2, 0.25) is 6.41 Å². The van der Waals surface area contributed by atoms with Crippen LogP contribution < -0.4 is 0 Å². The van der Waals surface area contributed by atoms with Gasteiger partial charge in [0.1, 0.15) is 0 Å². The Bertz CT molecular complexity index is 178. The third-order valence-corrected chi connectivity index (χ3v) is 2.29. The van der Waals surface area contributed by atoms with E-state index in [1.54, 1.807) is 9.80 Å². The Morgan fingerprint density at radius 3 is 2.69 bits per heavy atom. The van der Waals surface area contributed by atoms with Crippen molar-refractivity contribution in [3.63, 3.8) is 0 Å². The van der Waals surface area contributed by atoms with Gasteiger partial charge in [0.25, 0.3) is 6.43 Å². The van der Waals surface area contributed by atoms with E-state index in [0.717, 1.165) is 6.41 Å². The van der Waals surface area contributed by atoms with Gasteiger partial charge in [-0.15, -0.1) is 0 Å². The largest absolute Gasteiger partial charge is 0.340 e. The Morgan fingerprint density at radius 2 is 2.23 bits per heavy atom. The zero-order valence-corrected chi connectivity index (χ0v) is 7.62. The first-order chi connectivity index (χ1) is 6.13. The molecule has 1 amide bonds. The molecule has 1 unspecified atom stereocenters. The summed E-state index contributed by atoms with van der Waals surface area (Å²) in [5.74, 6) is 0. The molecule has 0 saturated carbocycles. The Hall–Kier alpha value is -0.710. The summed E-state index contributed by atoms with van der Waals surface area (Å²) in [6, 6.07) is 0.0463. The van der Waals surface area contributed by atoms with Crippen LogP contribution in [-0.4, -0.2) is 54.9 Å². The monoisotopic (exact) mass is 192 g/mol. The summed E-state index contributed by atoms with van der Waals surface area (Å²) < 4.78 is 24.0. The highest BCUT2D eigenvalue weighted by Gasteiger charge is 2.23. The fourth-order valence-electron chi connectivity index (χ4n) is 1.56. The molecule has 0 N–H and O–H groups in total. The third-order valence-electron chi connectivity index (χ3n) is 2.29. The predicted molar refractivity (Wildman–Crippen MR) is 44.7 cm³/mol. The molecule has 1 saturated heterocycles. The van der Waals surface area contributed by atoms with Crippen LogP contribution in [0.2, 0.25) is 0 Å². The van der Waals surface area contributed by atoms with Gasteiger partial charge in [-0.05, 0) is 6.92 Å².